The molecule has 0 saturated carbocycles. The Morgan fingerprint density at radius 1 is 0.566 bits per heavy atom. The lowest BCUT2D eigenvalue weighted by atomic mass is 9.79. The summed E-state index contributed by atoms with van der Waals surface area (Å²) in [4.78, 5) is 71.4. The van der Waals surface area contributed by atoms with Crippen LogP contribution in [0.2, 0.25) is 0 Å². The topological polar surface area (TPSA) is 291 Å². The van der Waals surface area contributed by atoms with E-state index in [9.17, 15) is 55.8 Å². The van der Waals surface area contributed by atoms with Crippen molar-refractivity contribution in [2.24, 2.45) is 34.5 Å². The Balaban J connectivity index is 5.08. The molecule has 0 spiro atoms. The van der Waals surface area contributed by atoms with E-state index < -0.39 is 148 Å². The summed E-state index contributed by atoms with van der Waals surface area (Å²) >= 11 is 0. The van der Waals surface area contributed by atoms with Gasteiger partial charge in [0.25, 0.3) is 20.2 Å². The van der Waals surface area contributed by atoms with Crippen LogP contribution in [0.1, 0.15) is 75.7 Å². The maximum absolute atomic E-state index is 12.6. The highest BCUT2D eigenvalue weighted by Crippen LogP contribution is 2.29. The highest BCUT2D eigenvalue weighted by Gasteiger charge is 2.39. The summed E-state index contributed by atoms with van der Waals surface area (Å²) in [6, 6.07) is 0. The van der Waals surface area contributed by atoms with Crippen molar-refractivity contribution in [3.05, 3.63) is 0 Å². The predicted molar refractivity (Wildman–Crippen MR) is 184 cm³/mol. The van der Waals surface area contributed by atoms with Gasteiger partial charge in [-0.2, -0.15) is 16.8 Å². The molecule has 0 aliphatic rings. The second-order valence-electron chi connectivity index (χ2n) is 14.1. The molecule has 0 rings (SSSR count). The second kappa shape index (κ2) is 21.2. The molecule has 0 aromatic heterocycles. The van der Waals surface area contributed by atoms with Gasteiger partial charge < -0.3 is 39.8 Å². The molecule has 0 aliphatic heterocycles. The van der Waals surface area contributed by atoms with Crippen molar-refractivity contribution in [1.82, 2.24) is 10.6 Å². The van der Waals surface area contributed by atoms with Gasteiger partial charge in [-0.25, -0.2) is 9.59 Å². The van der Waals surface area contributed by atoms with Crippen LogP contribution in [-0.2, 0) is 66.7 Å². The smallest absolute Gasteiger partial charge is 0.410 e. The number of carboxylic acid groups (broad SMARTS) is 2. The van der Waals surface area contributed by atoms with Crippen molar-refractivity contribution >= 4 is 56.3 Å². The number of carbonyl (C=O) groups is 6. The lowest BCUT2D eigenvalue weighted by Crippen LogP contribution is -2.44. The summed E-state index contributed by atoms with van der Waals surface area (Å²) < 4.78 is 79.8. The molecule has 0 fully saturated rings. The summed E-state index contributed by atoms with van der Waals surface area (Å²) in [6.07, 6.45) is -5.22. The maximum atomic E-state index is 12.6. The Hall–Kier alpha value is -3.76. The lowest BCUT2D eigenvalue weighted by Gasteiger charge is -2.31. The SMILES string of the molecule is CC(OC(=O)NCC(C(=O)O)C(C)(C)COS(=O)(=O)CCCS(=O)(=O)OCC(C)(C)C(CNC(=O)OC(C)OC(=O)C(C)C)C(=O)O)OC(=O)C(C)C. The van der Waals surface area contributed by atoms with Crippen molar-refractivity contribution in [2.45, 2.75) is 88.2 Å². The molecular weight excluding hydrogens is 752 g/mol. The van der Waals surface area contributed by atoms with Crippen LogP contribution < -0.4 is 10.6 Å². The molecule has 308 valence electrons. The Morgan fingerprint density at radius 3 is 1.13 bits per heavy atom. The third kappa shape index (κ3) is 19.8. The molecule has 0 saturated heterocycles. The number of rotatable bonds is 24. The van der Waals surface area contributed by atoms with Gasteiger partial charge in [-0.1, -0.05) is 55.4 Å². The van der Waals surface area contributed by atoms with Gasteiger partial charge in [0.1, 0.15) is 0 Å². The summed E-state index contributed by atoms with van der Waals surface area (Å²) in [5, 5.41) is 23.9. The van der Waals surface area contributed by atoms with E-state index in [-0.39, 0.29) is 0 Å². The zero-order chi connectivity index (χ0) is 41.5. The van der Waals surface area contributed by atoms with E-state index in [0.717, 1.165) is 0 Å². The Bertz CT molecular complexity index is 1380. The van der Waals surface area contributed by atoms with Gasteiger partial charge >= 0.3 is 36.1 Å². The Labute approximate surface area is 310 Å². The maximum Gasteiger partial charge on any atom is 0.410 e. The third-order valence-electron chi connectivity index (χ3n) is 7.45. The van der Waals surface area contributed by atoms with E-state index in [2.05, 4.69) is 10.6 Å². The van der Waals surface area contributed by atoms with Gasteiger partial charge in [0, 0.05) is 37.8 Å². The van der Waals surface area contributed by atoms with Crippen LogP contribution in [-0.4, -0.2) is 114 Å². The molecule has 0 bridgehead atoms. The molecule has 0 aromatic rings. The van der Waals surface area contributed by atoms with E-state index in [1.165, 1.54) is 41.5 Å². The number of amides is 2. The monoisotopic (exact) mass is 806 g/mol. The quantitative estimate of drug-likeness (QED) is 0.0616. The van der Waals surface area contributed by atoms with Crippen molar-refractivity contribution < 1.29 is 83.1 Å². The van der Waals surface area contributed by atoms with Gasteiger partial charge in [0.2, 0.25) is 12.6 Å². The largest absolute Gasteiger partial charge is 0.481 e. The van der Waals surface area contributed by atoms with Crippen molar-refractivity contribution in [1.29, 1.82) is 0 Å². The predicted octanol–water partition coefficient (Wildman–Crippen LogP) is 2.07. The Morgan fingerprint density at radius 2 is 0.868 bits per heavy atom. The van der Waals surface area contributed by atoms with Crippen LogP contribution in [0.15, 0.2) is 0 Å². The van der Waals surface area contributed by atoms with Gasteiger partial charge in [0.05, 0.1) is 48.4 Å². The summed E-state index contributed by atoms with van der Waals surface area (Å²) in [7, 11) is -8.79. The van der Waals surface area contributed by atoms with Crippen LogP contribution in [0.5, 0.6) is 0 Å². The summed E-state index contributed by atoms with van der Waals surface area (Å²) in [6.45, 7) is 12.0. The van der Waals surface area contributed by atoms with Gasteiger partial charge in [0.15, 0.2) is 0 Å². The fourth-order valence-corrected chi connectivity index (χ4v) is 6.39. The normalized spacial score (nSPS) is 14.7. The van der Waals surface area contributed by atoms with E-state index >= 15 is 0 Å². The number of hydrogen-bond donors (Lipinski definition) is 4. The molecule has 20 nitrogen and oxygen atoms in total. The molecule has 0 heterocycles. The van der Waals surface area contributed by atoms with Crippen LogP contribution in [0.3, 0.4) is 0 Å². The lowest BCUT2D eigenvalue weighted by molar-refractivity contribution is -0.170. The van der Waals surface area contributed by atoms with E-state index in [1.54, 1.807) is 27.7 Å². The first kappa shape index (κ1) is 49.2. The van der Waals surface area contributed by atoms with E-state index in [0.29, 0.717) is 0 Å². The number of hydrogen-bond acceptors (Lipinski definition) is 16. The number of alkyl carbamates (subject to hydrolysis) is 2. The molecule has 2 amide bonds. The molecule has 4 N–H and O–H groups in total. The molecule has 0 radical (unpaired) electrons. The van der Waals surface area contributed by atoms with Crippen molar-refractivity contribution in [3.63, 3.8) is 0 Å². The molecule has 4 unspecified atom stereocenters. The number of ether oxygens (including phenoxy) is 4. The first-order valence-corrected chi connectivity index (χ1v) is 19.7. The molecule has 22 heteroatoms. The summed E-state index contributed by atoms with van der Waals surface area (Å²) in [5.41, 5.74) is -2.79. The van der Waals surface area contributed by atoms with E-state index in [4.69, 9.17) is 27.3 Å². The minimum absolute atomic E-state index is 0.483. The highest BCUT2D eigenvalue weighted by atomic mass is 32.2. The van der Waals surface area contributed by atoms with Crippen LogP contribution >= 0.6 is 0 Å². The second-order valence-corrected chi connectivity index (χ2v) is 17.6. The van der Waals surface area contributed by atoms with Crippen LogP contribution in [0.25, 0.3) is 0 Å². The van der Waals surface area contributed by atoms with Crippen molar-refractivity contribution in [2.75, 3.05) is 37.8 Å². The average Bonchev–Trinajstić information content (AvgIpc) is 2.98. The zero-order valence-electron chi connectivity index (χ0n) is 31.7. The minimum Gasteiger partial charge on any atom is -0.481 e. The van der Waals surface area contributed by atoms with Gasteiger partial charge in [-0.05, 0) is 6.42 Å². The molecule has 4 atom stereocenters. The van der Waals surface area contributed by atoms with Crippen LogP contribution in [0.4, 0.5) is 9.59 Å². The van der Waals surface area contributed by atoms with Gasteiger partial charge in [-0.15, -0.1) is 0 Å². The number of aliphatic carboxylic acids is 2. The van der Waals surface area contributed by atoms with Crippen LogP contribution in [0, 0.1) is 34.5 Å². The highest BCUT2D eigenvalue weighted by molar-refractivity contribution is 7.87. The average molecular weight is 807 g/mol. The molecular formula is C31H54N2O18S2. The standard InChI is InChI=1S/C31H54N2O18S2/c1-18(2)26(38)48-20(5)50-28(40)32-14-22(24(34)35)30(7,8)16-46-52(42,43)12-11-13-53(44,45)47-17-31(9,10)23(25(36)37)15-33-29(41)51-21(6)49-27(39)19(3)4/h18-23H,11-17H2,1-10H3,(H,32,40)(H,33,41)(H,34,35)(H,36,37). The third-order valence-corrected chi connectivity index (χ3v) is 9.98. The fraction of sp³-hybridized carbons (Fsp3) is 0.806. The number of nitrogens with one attached hydrogen (secondary N) is 2. The fourth-order valence-electron chi connectivity index (χ4n) is 4.01. The van der Waals surface area contributed by atoms with Gasteiger partial charge in [-0.3, -0.25) is 27.5 Å². The van der Waals surface area contributed by atoms with Crippen molar-refractivity contribution in [3.8, 4) is 0 Å². The molecule has 53 heavy (non-hydrogen) atoms. The first-order chi connectivity index (χ1) is 24.0. The number of carbonyl (C=O) groups excluding carboxylic acids is 4. The summed E-state index contributed by atoms with van der Waals surface area (Å²) in [5.74, 6) is -9.41. The number of carboxylic acids is 2. The molecule has 0 aromatic carbocycles. The first-order valence-electron chi connectivity index (χ1n) is 16.5. The Kier molecular flexibility index (Phi) is 19.7. The molecule has 0 aliphatic carbocycles. The van der Waals surface area contributed by atoms with E-state index in [1.807, 2.05) is 0 Å². The minimum atomic E-state index is -4.40. The number of esters is 2. The zero-order valence-corrected chi connectivity index (χ0v) is 33.3.